The van der Waals surface area contributed by atoms with Crippen molar-refractivity contribution in [2.24, 2.45) is 17.6 Å². The minimum Gasteiger partial charge on any atom is -0.377 e. The van der Waals surface area contributed by atoms with Crippen molar-refractivity contribution in [2.75, 3.05) is 20.2 Å². The lowest BCUT2D eigenvalue weighted by molar-refractivity contribution is -0.128. The van der Waals surface area contributed by atoms with Gasteiger partial charge in [0.2, 0.25) is 5.91 Å². The Labute approximate surface area is 104 Å². The van der Waals surface area contributed by atoms with Gasteiger partial charge in [0, 0.05) is 19.6 Å². The van der Waals surface area contributed by atoms with Gasteiger partial charge in [0.1, 0.15) is 0 Å². The molecule has 0 spiro atoms. The summed E-state index contributed by atoms with van der Waals surface area (Å²) in [5, 5.41) is 2.99. The lowest BCUT2D eigenvalue weighted by Gasteiger charge is -2.31. The molecule has 4 nitrogen and oxygen atoms in total. The van der Waals surface area contributed by atoms with Crippen LogP contribution in [0.25, 0.3) is 0 Å². The van der Waals surface area contributed by atoms with Crippen LogP contribution in [0.4, 0.5) is 0 Å². The van der Waals surface area contributed by atoms with E-state index in [-0.39, 0.29) is 17.4 Å². The molecular formula is C13H26N2O2. The summed E-state index contributed by atoms with van der Waals surface area (Å²) in [6.45, 7) is 5.10. The Hall–Kier alpha value is -0.610. The molecule has 1 aliphatic carbocycles. The highest BCUT2D eigenvalue weighted by atomic mass is 16.5. The van der Waals surface area contributed by atoms with E-state index in [4.69, 9.17) is 10.5 Å². The van der Waals surface area contributed by atoms with Gasteiger partial charge >= 0.3 is 0 Å². The molecule has 1 saturated carbocycles. The Bertz CT molecular complexity index is 254. The second-order valence-corrected chi connectivity index (χ2v) is 5.57. The molecule has 1 rings (SSSR count). The van der Waals surface area contributed by atoms with E-state index < -0.39 is 0 Å². The number of ether oxygens (including phenoxy) is 1. The largest absolute Gasteiger partial charge is 0.377 e. The first-order valence-electron chi connectivity index (χ1n) is 6.53. The molecule has 0 saturated heterocycles. The molecule has 0 aliphatic heterocycles. The summed E-state index contributed by atoms with van der Waals surface area (Å²) in [6.07, 6.45) is 4.40. The maximum Gasteiger partial charge on any atom is 0.223 e. The van der Waals surface area contributed by atoms with Crippen LogP contribution in [0, 0.1) is 11.8 Å². The number of hydrogen-bond acceptors (Lipinski definition) is 3. The van der Waals surface area contributed by atoms with Crippen molar-refractivity contribution >= 4 is 5.91 Å². The van der Waals surface area contributed by atoms with Crippen molar-refractivity contribution in [3.8, 4) is 0 Å². The number of nitrogens with one attached hydrogen (secondary N) is 1. The number of nitrogens with two attached hydrogens (primary N) is 1. The van der Waals surface area contributed by atoms with E-state index in [9.17, 15) is 4.79 Å². The molecule has 2 unspecified atom stereocenters. The van der Waals surface area contributed by atoms with Crippen LogP contribution in [0.2, 0.25) is 0 Å². The number of carbonyl (C=O) groups is 1. The zero-order valence-corrected chi connectivity index (χ0v) is 11.3. The number of amides is 1. The third-order valence-corrected chi connectivity index (χ3v) is 3.79. The van der Waals surface area contributed by atoms with Gasteiger partial charge in [0.25, 0.3) is 0 Å². The summed E-state index contributed by atoms with van der Waals surface area (Å²) in [5.41, 5.74) is 5.43. The number of carbonyl (C=O) groups excluding carboxylic acids is 1. The fourth-order valence-corrected chi connectivity index (χ4v) is 2.34. The van der Waals surface area contributed by atoms with Crippen LogP contribution in [0.5, 0.6) is 0 Å². The predicted molar refractivity (Wildman–Crippen MR) is 68.6 cm³/mol. The van der Waals surface area contributed by atoms with Crippen LogP contribution >= 0.6 is 0 Å². The SMILES string of the molecule is COC(C)(C)CNC(=O)C1CCCCC1CN. The van der Waals surface area contributed by atoms with E-state index in [1.807, 2.05) is 13.8 Å². The Morgan fingerprint density at radius 3 is 2.65 bits per heavy atom. The first-order valence-corrected chi connectivity index (χ1v) is 6.53. The van der Waals surface area contributed by atoms with E-state index in [1.165, 1.54) is 6.42 Å². The third-order valence-electron chi connectivity index (χ3n) is 3.79. The van der Waals surface area contributed by atoms with Crippen molar-refractivity contribution < 1.29 is 9.53 Å². The molecular weight excluding hydrogens is 216 g/mol. The zero-order valence-electron chi connectivity index (χ0n) is 11.3. The minimum absolute atomic E-state index is 0.0985. The fourth-order valence-electron chi connectivity index (χ4n) is 2.34. The highest BCUT2D eigenvalue weighted by Crippen LogP contribution is 2.29. The number of methoxy groups -OCH3 is 1. The van der Waals surface area contributed by atoms with Crippen molar-refractivity contribution in [3.05, 3.63) is 0 Å². The molecule has 0 aromatic heterocycles. The van der Waals surface area contributed by atoms with Crippen molar-refractivity contribution in [3.63, 3.8) is 0 Å². The summed E-state index contributed by atoms with van der Waals surface area (Å²) in [5.74, 6) is 0.598. The standard InChI is InChI=1S/C13H26N2O2/c1-13(2,17-3)9-15-12(16)11-7-5-4-6-10(11)8-14/h10-11H,4-9,14H2,1-3H3,(H,15,16). The first kappa shape index (κ1) is 14.5. The average molecular weight is 242 g/mol. The Balaban J connectivity index is 2.45. The Morgan fingerprint density at radius 1 is 1.41 bits per heavy atom. The van der Waals surface area contributed by atoms with Crippen molar-refractivity contribution in [1.29, 1.82) is 0 Å². The monoisotopic (exact) mass is 242 g/mol. The molecule has 1 amide bonds. The van der Waals surface area contributed by atoms with Gasteiger partial charge < -0.3 is 15.8 Å². The van der Waals surface area contributed by atoms with E-state index in [0.717, 1.165) is 19.3 Å². The summed E-state index contributed by atoms with van der Waals surface area (Å²) >= 11 is 0. The maximum absolute atomic E-state index is 12.1. The normalized spacial score (nSPS) is 25.6. The summed E-state index contributed by atoms with van der Waals surface area (Å²) in [4.78, 5) is 12.1. The molecule has 0 aromatic carbocycles. The van der Waals surface area contributed by atoms with Gasteiger partial charge in [0.15, 0.2) is 0 Å². The van der Waals surface area contributed by atoms with Gasteiger partial charge in [-0.05, 0) is 39.2 Å². The van der Waals surface area contributed by atoms with Crippen LogP contribution in [-0.2, 0) is 9.53 Å². The van der Waals surface area contributed by atoms with Crippen LogP contribution < -0.4 is 11.1 Å². The van der Waals surface area contributed by atoms with Gasteiger partial charge in [-0.15, -0.1) is 0 Å². The Kier molecular flexibility index (Phi) is 5.40. The van der Waals surface area contributed by atoms with Gasteiger partial charge in [0.05, 0.1) is 5.60 Å². The van der Waals surface area contributed by atoms with Crippen molar-refractivity contribution in [1.82, 2.24) is 5.32 Å². The third kappa shape index (κ3) is 4.28. The molecule has 17 heavy (non-hydrogen) atoms. The predicted octanol–water partition coefficient (Wildman–Crippen LogP) is 1.29. The second-order valence-electron chi connectivity index (χ2n) is 5.57. The van der Waals surface area contributed by atoms with Crippen LogP contribution in [0.3, 0.4) is 0 Å². The summed E-state index contributed by atoms with van der Waals surface area (Å²) in [7, 11) is 1.66. The first-order chi connectivity index (χ1) is 8.00. The van der Waals surface area contributed by atoms with Crippen LogP contribution in [0.1, 0.15) is 39.5 Å². The van der Waals surface area contributed by atoms with E-state index in [1.54, 1.807) is 7.11 Å². The molecule has 0 aromatic rings. The molecule has 1 aliphatic rings. The molecule has 3 N–H and O–H groups in total. The molecule has 0 bridgehead atoms. The van der Waals surface area contributed by atoms with Gasteiger partial charge in [-0.1, -0.05) is 12.8 Å². The maximum atomic E-state index is 12.1. The summed E-state index contributed by atoms with van der Waals surface area (Å²) < 4.78 is 5.29. The minimum atomic E-state index is -0.303. The fraction of sp³-hybridized carbons (Fsp3) is 0.923. The lowest BCUT2D eigenvalue weighted by atomic mass is 9.78. The molecule has 100 valence electrons. The molecule has 0 radical (unpaired) electrons. The van der Waals surface area contributed by atoms with Crippen LogP contribution in [-0.4, -0.2) is 31.7 Å². The highest BCUT2D eigenvalue weighted by molar-refractivity contribution is 5.79. The number of rotatable bonds is 5. The quantitative estimate of drug-likeness (QED) is 0.763. The lowest BCUT2D eigenvalue weighted by Crippen LogP contribution is -2.45. The van der Waals surface area contributed by atoms with Crippen LogP contribution in [0.15, 0.2) is 0 Å². The molecule has 0 heterocycles. The van der Waals surface area contributed by atoms with Gasteiger partial charge in [-0.25, -0.2) is 0 Å². The van der Waals surface area contributed by atoms with Gasteiger partial charge in [-0.3, -0.25) is 4.79 Å². The highest BCUT2D eigenvalue weighted by Gasteiger charge is 2.30. The van der Waals surface area contributed by atoms with Gasteiger partial charge in [-0.2, -0.15) is 0 Å². The zero-order chi connectivity index (χ0) is 12.9. The van der Waals surface area contributed by atoms with E-state index >= 15 is 0 Å². The molecule has 4 heteroatoms. The molecule has 2 atom stereocenters. The Morgan fingerprint density at radius 2 is 2.06 bits per heavy atom. The number of hydrogen-bond donors (Lipinski definition) is 2. The van der Waals surface area contributed by atoms with E-state index in [2.05, 4.69) is 5.32 Å². The van der Waals surface area contributed by atoms with Crippen molar-refractivity contribution in [2.45, 2.75) is 45.1 Å². The van der Waals surface area contributed by atoms with E-state index in [0.29, 0.717) is 19.0 Å². The smallest absolute Gasteiger partial charge is 0.223 e. The second kappa shape index (κ2) is 6.36. The average Bonchev–Trinajstić information content (AvgIpc) is 2.36. The topological polar surface area (TPSA) is 64.3 Å². The summed E-state index contributed by atoms with van der Waals surface area (Å²) in [6, 6.07) is 0. The molecule has 1 fully saturated rings.